The number of hydrogen-bond donors (Lipinski definition) is 1. The highest BCUT2D eigenvalue weighted by atomic mass is 79.9. The van der Waals surface area contributed by atoms with Crippen LogP contribution < -0.4 is 5.32 Å². The van der Waals surface area contributed by atoms with Crippen molar-refractivity contribution in [3.63, 3.8) is 0 Å². The average molecular weight is 408 g/mol. The standard InChI is InChI=1S/C18H22BrN3O3/c1-2-3-4-5-10-22(13-17(23)20-16-9-11-25-21-16)18(24)14-7-6-8-15(19)12-14/h6-9,11-12H,2-5,10,13H2,1H3,(H,20,21,23). The molecule has 1 aromatic carbocycles. The number of halogens is 1. The summed E-state index contributed by atoms with van der Waals surface area (Å²) < 4.78 is 5.52. The van der Waals surface area contributed by atoms with Gasteiger partial charge in [-0.05, 0) is 24.6 Å². The number of anilines is 1. The summed E-state index contributed by atoms with van der Waals surface area (Å²) in [4.78, 5) is 26.6. The molecule has 0 aliphatic heterocycles. The van der Waals surface area contributed by atoms with Crippen molar-refractivity contribution >= 4 is 33.6 Å². The molecule has 1 N–H and O–H groups in total. The van der Waals surface area contributed by atoms with Crippen LogP contribution in [0.4, 0.5) is 5.82 Å². The van der Waals surface area contributed by atoms with E-state index < -0.39 is 0 Å². The van der Waals surface area contributed by atoms with Crippen molar-refractivity contribution in [3.05, 3.63) is 46.6 Å². The monoisotopic (exact) mass is 407 g/mol. The Morgan fingerprint density at radius 1 is 1.24 bits per heavy atom. The molecule has 0 saturated heterocycles. The Bertz CT molecular complexity index is 689. The first-order valence-electron chi connectivity index (χ1n) is 8.35. The van der Waals surface area contributed by atoms with Gasteiger partial charge >= 0.3 is 0 Å². The number of nitrogens with zero attached hydrogens (tertiary/aromatic N) is 2. The van der Waals surface area contributed by atoms with Crippen LogP contribution in [0.3, 0.4) is 0 Å². The van der Waals surface area contributed by atoms with Gasteiger partial charge < -0.3 is 14.7 Å². The summed E-state index contributed by atoms with van der Waals surface area (Å²) in [6.07, 6.45) is 5.51. The van der Waals surface area contributed by atoms with E-state index in [4.69, 9.17) is 4.52 Å². The van der Waals surface area contributed by atoms with Crippen LogP contribution in [0.15, 0.2) is 45.6 Å². The van der Waals surface area contributed by atoms with E-state index in [1.54, 1.807) is 23.1 Å². The second kappa shape index (κ2) is 9.98. The highest BCUT2D eigenvalue weighted by Gasteiger charge is 2.19. The summed E-state index contributed by atoms with van der Waals surface area (Å²) in [6.45, 7) is 2.65. The van der Waals surface area contributed by atoms with E-state index in [0.29, 0.717) is 17.9 Å². The Balaban J connectivity index is 2.03. The fraction of sp³-hybridized carbons (Fsp3) is 0.389. The normalized spacial score (nSPS) is 10.5. The lowest BCUT2D eigenvalue weighted by molar-refractivity contribution is -0.117. The maximum Gasteiger partial charge on any atom is 0.254 e. The molecule has 1 heterocycles. The van der Waals surface area contributed by atoms with Gasteiger partial charge in [-0.15, -0.1) is 0 Å². The molecule has 0 saturated carbocycles. The van der Waals surface area contributed by atoms with E-state index in [-0.39, 0.29) is 18.4 Å². The smallest absolute Gasteiger partial charge is 0.254 e. The summed E-state index contributed by atoms with van der Waals surface area (Å²) in [5.41, 5.74) is 0.555. The second-order valence-electron chi connectivity index (χ2n) is 5.73. The van der Waals surface area contributed by atoms with Crippen LogP contribution in [0.2, 0.25) is 0 Å². The van der Waals surface area contributed by atoms with E-state index in [1.165, 1.54) is 6.26 Å². The van der Waals surface area contributed by atoms with Crippen molar-refractivity contribution in [2.45, 2.75) is 32.6 Å². The summed E-state index contributed by atoms with van der Waals surface area (Å²) in [5.74, 6) is -0.119. The number of unbranched alkanes of at least 4 members (excludes halogenated alkanes) is 3. The molecule has 0 aliphatic rings. The largest absolute Gasteiger partial charge is 0.363 e. The van der Waals surface area contributed by atoms with Crippen LogP contribution >= 0.6 is 15.9 Å². The van der Waals surface area contributed by atoms with Crippen LogP contribution in [0.25, 0.3) is 0 Å². The Labute approximate surface area is 155 Å². The molecule has 0 radical (unpaired) electrons. The van der Waals surface area contributed by atoms with Gasteiger partial charge in [-0.3, -0.25) is 9.59 Å². The van der Waals surface area contributed by atoms with Crippen molar-refractivity contribution in [2.24, 2.45) is 0 Å². The third-order valence-corrected chi connectivity index (χ3v) is 4.17. The van der Waals surface area contributed by atoms with Gasteiger partial charge in [0.2, 0.25) is 5.91 Å². The number of aromatic nitrogens is 1. The molecule has 134 valence electrons. The zero-order chi connectivity index (χ0) is 18.1. The van der Waals surface area contributed by atoms with Crippen LogP contribution in [0.5, 0.6) is 0 Å². The first-order chi connectivity index (χ1) is 12.1. The Hall–Kier alpha value is -2.15. The van der Waals surface area contributed by atoms with Gasteiger partial charge in [0.05, 0.1) is 0 Å². The fourth-order valence-electron chi connectivity index (χ4n) is 2.42. The van der Waals surface area contributed by atoms with Gasteiger partial charge in [0, 0.05) is 22.6 Å². The molecule has 0 fully saturated rings. The average Bonchev–Trinajstić information content (AvgIpc) is 3.10. The maximum atomic E-state index is 12.8. The zero-order valence-corrected chi connectivity index (χ0v) is 15.8. The molecular formula is C18H22BrN3O3. The second-order valence-corrected chi connectivity index (χ2v) is 6.65. The van der Waals surface area contributed by atoms with Crippen molar-refractivity contribution in [2.75, 3.05) is 18.4 Å². The lowest BCUT2D eigenvalue weighted by Gasteiger charge is -2.22. The molecule has 1 aromatic heterocycles. The van der Waals surface area contributed by atoms with Gasteiger partial charge in [-0.1, -0.05) is 53.3 Å². The number of rotatable bonds is 9. The molecule has 2 aromatic rings. The third kappa shape index (κ3) is 6.34. The zero-order valence-electron chi connectivity index (χ0n) is 14.2. The number of benzene rings is 1. The predicted molar refractivity (Wildman–Crippen MR) is 99.3 cm³/mol. The quantitative estimate of drug-likeness (QED) is 0.634. The van der Waals surface area contributed by atoms with Crippen molar-refractivity contribution in [1.82, 2.24) is 10.1 Å². The SMILES string of the molecule is CCCCCCN(CC(=O)Nc1ccon1)C(=O)c1cccc(Br)c1. The van der Waals surface area contributed by atoms with E-state index in [2.05, 4.69) is 33.3 Å². The van der Waals surface area contributed by atoms with Crippen LogP contribution in [0.1, 0.15) is 43.0 Å². The Morgan fingerprint density at radius 3 is 2.76 bits per heavy atom. The number of nitrogens with one attached hydrogen (secondary N) is 1. The lowest BCUT2D eigenvalue weighted by Crippen LogP contribution is -2.38. The highest BCUT2D eigenvalue weighted by Crippen LogP contribution is 2.14. The molecule has 0 atom stereocenters. The van der Waals surface area contributed by atoms with Gasteiger partial charge in [-0.25, -0.2) is 0 Å². The number of carbonyl (C=O) groups excluding carboxylic acids is 2. The highest BCUT2D eigenvalue weighted by molar-refractivity contribution is 9.10. The van der Waals surface area contributed by atoms with E-state index >= 15 is 0 Å². The van der Waals surface area contributed by atoms with E-state index in [9.17, 15) is 9.59 Å². The van der Waals surface area contributed by atoms with Crippen molar-refractivity contribution in [3.8, 4) is 0 Å². The molecule has 2 rings (SSSR count). The summed E-state index contributed by atoms with van der Waals surface area (Å²) in [7, 11) is 0. The fourth-order valence-corrected chi connectivity index (χ4v) is 2.82. The van der Waals surface area contributed by atoms with Gasteiger partial charge in [0.15, 0.2) is 5.82 Å². The maximum absolute atomic E-state index is 12.8. The van der Waals surface area contributed by atoms with Gasteiger partial charge in [0.1, 0.15) is 12.8 Å². The van der Waals surface area contributed by atoms with Crippen molar-refractivity contribution < 1.29 is 14.1 Å². The topological polar surface area (TPSA) is 75.4 Å². The summed E-state index contributed by atoms with van der Waals surface area (Å²) in [6, 6.07) is 8.74. The summed E-state index contributed by atoms with van der Waals surface area (Å²) >= 11 is 3.37. The molecular weight excluding hydrogens is 386 g/mol. The Kier molecular flexibility index (Phi) is 7.66. The molecule has 25 heavy (non-hydrogen) atoms. The van der Waals surface area contributed by atoms with E-state index in [0.717, 1.165) is 30.2 Å². The minimum Gasteiger partial charge on any atom is -0.363 e. The molecule has 6 nitrogen and oxygen atoms in total. The van der Waals surface area contributed by atoms with Gasteiger partial charge in [-0.2, -0.15) is 0 Å². The molecule has 0 spiro atoms. The minimum absolute atomic E-state index is 0.0235. The molecule has 0 bridgehead atoms. The first-order valence-corrected chi connectivity index (χ1v) is 9.14. The minimum atomic E-state index is -0.298. The van der Waals surface area contributed by atoms with E-state index in [1.807, 2.05) is 12.1 Å². The summed E-state index contributed by atoms with van der Waals surface area (Å²) in [5, 5.41) is 6.27. The molecule has 7 heteroatoms. The van der Waals surface area contributed by atoms with Crippen LogP contribution in [0, 0.1) is 0 Å². The number of hydrogen-bond acceptors (Lipinski definition) is 4. The van der Waals surface area contributed by atoms with Crippen LogP contribution in [-0.4, -0.2) is 35.0 Å². The molecule has 2 amide bonds. The molecule has 0 unspecified atom stereocenters. The number of amides is 2. The van der Waals surface area contributed by atoms with Crippen LogP contribution in [-0.2, 0) is 4.79 Å². The van der Waals surface area contributed by atoms with Crippen molar-refractivity contribution in [1.29, 1.82) is 0 Å². The predicted octanol–water partition coefficient (Wildman–Crippen LogP) is 4.10. The Morgan fingerprint density at radius 2 is 2.08 bits per heavy atom. The lowest BCUT2D eigenvalue weighted by atomic mass is 10.1. The first kappa shape index (κ1) is 19.2. The number of carbonyl (C=O) groups is 2. The molecule has 0 aliphatic carbocycles. The van der Waals surface area contributed by atoms with Gasteiger partial charge in [0.25, 0.3) is 5.91 Å². The third-order valence-electron chi connectivity index (χ3n) is 3.68.